The molecule has 1 N–H and O–H groups in total. The number of hydrogen-bond acceptors (Lipinski definition) is 4. The van der Waals surface area contributed by atoms with Crippen molar-refractivity contribution in [2.24, 2.45) is 0 Å². The van der Waals surface area contributed by atoms with Crippen LogP contribution in [0.5, 0.6) is 0 Å². The van der Waals surface area contributed by atoms with Gasteiger partial charge in [0.25, 0.3) is 5.91 Å². The zero-order chi connectivity index (χ0) is 18.2. The summed E-state index contributed by atoms with van der Waals surface area (Å²) in [7, 11) is 0. The van der Waals surface area contributed by atoms with E-state index in [0.717, 1.165) is 16.0 Å². The lowest BCUT2D eigenvalue weighted by Crippen LogP contribution is -2.29. The molecule has 1 aromatic heterocycles. The molecule has 0 saturated carbocycles. The summed E-state index contributed by atoms with van der Waals surface area (Å²) in [5.41, 5.74) is 1.67. The summed E-state index contributed by atoms with van der Waals surface area (Å²) in [6, 6.07) is 22.7. The van der Waals surface area contributed by atoms with Crippen LogP contribution < -0.4 is 5.32 Å². The molecule has 1 amide bonds. The van der Waals surface area contributed by atoms with Gasteiger partial charge in [-0.3, -0.25) is 9.59 Å². The summed E-state index contributed by atoms with van der Waals surface area (Å²) in [6.45, 7) is 0.148. The average Bonchev–Trinajstić information content (AvgIpc) is 3.20. The van der Waals surface area contributed by atoms with Gasteiger partial charge in [0.15, 0.2) is 6.61 Å². The van der Waals surface area contributed by atoms with Crippen molar-refractivity contribution in [1.82, 2.24) is 5.32 Å². The molecule has 2 aromatic carbocycles. The summed E-state index contributed by atoms with van der Waals surface area (Å²) < 4.78 is 5.30. The molecule has 0 unspecified atom stereocenters. The molecule has 0 atom stereocenters. The Bertz CT molecular complexity index is 793. The molecule has 26 heavy (non-hydrogen) atoms. The highest BCUT2D eigenvalue weighted by molar-refractivity contribution is 7.09. The average molecular weight is 365 g/mol. The van der Waals surface area contributed by atoms with Gasteiger partial charge in [-0.25, -0.2) is 0 Å². The quantitative estimate of drug-likeness (QED) is 0.649. The Labute approximate surface area is 156 Å². The molecular formula is C21H19NO3S. The topological polar surface area (TPSA) is 55.4 Å². The molecule has 1 heterocycles. The lowest BCUT2D eigenvalue weighted by atomic mass is 9.91. The van der Waals surface area contributed by atoms with Crippen LogP contribution in [-0.4, -0.2) is 18.5 Å². The maximum Gasteiger partial charge on any atom is 0.318 e. The minimum absolute atomic E-state index is 0.291. The van der Waals surface area contributed by atoms with Crippen LogP contribution in [0, 0.1) is 0 Å². The summed E-state index contributed by atoms with van der Waals surface area (Å²) in [5.74, 6) is -1.30. The van der Waals surface area contributed by atoms with E-state index < -0.39 is 11.9 Å². The third-order valence-corrected chi connectivity index (χ3v) is 4.76. The Morgan fingerprint density at radius 3 is 2.04 bits per heavy atom. The largest absolute Gasteiger partial charge is 0.455 e. The van der Waals surface area contributed by atoms with Gasteiger partial charge in [-0.2, -0.15) is 0 Å². The second-order valence-corrected chi connectivity index (χ2v) is 6.75. The first kappa shape index (κ1) is 17.9. The number of amides is 1. The number of hydrogen-bond donors (Lipinski definition) is 1. The number of esters is 1. The van der Waals surface area contributed by atoms with Crippen molar-refractivity contribution in [3.05, 3.63) is 94.2 Å². The summed E-state index contributed by atoms with van der Waals surface area (Å²) >= 11 is 1.57. The van der Waals surface area contributed by atoms with Crippen LogP contribution in [0.2, 0.25) is 0 Å². The van der Waals surface area contributed by atoms with E-state index in [-0.39, 0.29) is 12.5 Å². The van der Waals surface area contributed by atoms with Gasteiger partial charge < -0.3 is 10.1 Å². The van der Waals surface area contributed by atoms with E-state index in [0.29, 0.717) is 6.54 Å². The fourth-order valence-corrected chi connectivity index (χ4v) is 3.27. The number of carbonyl (C=O) groups excluding carboxylic acids is 2. The molecule has 0 saturated heterocycles. The molecule has 3 rings (SSSR count). The summed E-state index contributed by atoms with van der Waals surface area (Å²) in [5, 5.41) is 4.70. The number of nitrogens with one attached hydrogen (secondary N) is 1. The third-order valence-electron chi connectivity index (χ3n) is 3.89. The maximum atomic E-state index is 12.7. The van der Waals surface area contributed by atoms with Crippen LogP contribution in [0.4, 0.5) is 0 Å². The van der Waals surface area contributed by atoms with Gasteiger partial charge in [0, 0.05) is 4.88 Å². The van der Waals surface area contributed by atoms with Crippen molar-refractivity contribution >= 4 is 23.2 Å². The molecule has 0 aliphatic carbocycles. The normalized spacial score (nSPS) is 10.5. The van der Waals surface area contributed by atoms with Crippen molar-refractivity contribution in [1.29, 1.82) is 0 Å². The first-order valence-corrected chi connectivity index (χ1v) is 9.17. The highest BCUT2D eigenvalue weighted by Crippen LogP contribution is 2.25. The highest BCUT2D eigenvalue weighted by Gasteiger charge is 2.24. The second kappa shape index (κ2) is 8.97. The molecule has 0 spiro atoms. The Morgan fingerprint density at radius 1 is 0.885 bits per heavy atom. The van der Waals surface area contributed by atoms with Crippen molar-refractivity contribution in [2.75, 3.05) is 6.61 Å². The molecule has 3 aromatic rings. The van der Waals surface area contributed by atoms with E-state index in [2.05, 4.69) is 5.32 Å². The van der Waals surface area contributed by atoms with Crippen LogP contribution >= 0.6 is 11.3 Å². The van der Waals surface area contributed by atoms with E-state index in [9.17, 15) is 9.59 Å². The molecular weight excluding hydrogens is 346 g/mol. The summed E-state index contributed by atoms with van der Waals surface area (Å²) in [4.78, 5) is 25.7. The van der Waals surface area contributed by atoms with Crippen molar-refractivity contribution < 1.29 is 14.3 Å². The molecule has 0 bridgehead atoms. The van der Waals surface area contributed by atoms with Crippen LogP contribution in [0.3, 0.4) is 0 Å². The third kappa shape index (κ3) is 4.80. The number of benzene rings is 2. The Balaban J connectivity index is 1.63. The highest BCUT2D eigenvalue weighted by atomic mass is 32.1. The predicted molar refractivity (Wildman–Crippen MR) is 102 cm³/mol. The summed E-state index contributed by atoms with van der Waals surface area (Å²) in [6.07, 6.45) is 0. The van der Waals surface area contributed by atoms with Gasteiger partial charge in [0.2, 0.25) is 0 Å². The standard InChI is InChI=1S/C21H19NO3S/c23-19(22-14-18-12-7-13-26-18)15-25-21(24)20(16-8-3-1-4-9-16)17-10-5-2-6-11-17/h1-13,20H,14-15H2,(H,22,23). The van der Waals surface area contributed by atoms with E-state index in [1.165, 1.54) is 0 Å². The molecule has 0 radical (unpaired) electrons. The number of thiophene rings is 1. The van der Waals surface area contributed by atoms with E-state index in [4.69, 9.17) is 4.74 Å². The van der Waals surface area contributed by atoms with Gasteiger partial charge in [-0.05, 0) is 22.6 Å². The van der Waals surface area contributed by atoms with Crippen LogP contribution in [0.1, 0.15) is 21.9 Å². The van der Waals surface area contributed by atoms with Gasteiger partial charge in [-0.1, -0.05) is 66.7 Å². The molecule has 132 valence electrons. The van der Waals surface area contributed by atoms with E-state index in [1.54, 1.807) is 11.3 Å². The minimum Gasteiger partial charge on any atom is -0.455 e. The second-order valence-electron chi connectivity index (χ2n) is 5.72. The monoisotopic (exact) mass is 365 g/mol. The van der Waals surface area contributed by atoms with E-state index in [1.807, 2.05) is 78.2 Å². The lowest BCUT2D eigenvalue weighted by molar-refractivity contribution is -0.149. The van der Waals surface area contributed by atoms with Gasteiger partial charge in [0.1, 0.15) is 5.92 Å². The first-order chi connectivity index (χ1) is 12.7. The predicted octanol–water partition coefficient (Wildman–Crippen LogP) is 3.74. The zero-order valence-electron chi connectivity index (χ0n) is 14.1. The lowest BCUT2D eigenvalue weighted by Gasteiger charge is -2.17. The molecule has 0 fully saturated rings. The number of rotatable bonds is 7. The molecule has 0 aliphatic heterocycles. The van der Waals surface area contributed by atoms with Crippen molar-refractivity contribution in [3.63, 3.8) is 0 Å². The number of carbonyl (C=O) groups is 2. The Morgan fingerprint density at radius 2 is 1.50 bits per heavy atom. The maximum absolute atomic E-state index is 12.7. The van der Waals surface area contributed by atoms with Gasteiger partial charge in [0.05, 0.1) is 6.54 Å². The Kier molecular flexibility index (Phi) is 6.17. The van der Waals surface area contributed by atoms with Crippen LogP contribution in [0.25, 0.3) is 0 Å². The minimum atomic E-state index is -0.553. The zero-order valence-corrected chi connectivity index (χ0v) is 14.9. The van der Waals surface area contributed by atoms with Gasteiger partial charge in [-0.15, -0.1) is 11.3 Å². The number of ether oxygens (including phenoxy) is 1. The van der Waals surface area contributed by atoms with Crippen LogP contribution in [-0.2, 0) is 20.9 Å². The molecule has 4 nitrogen and oxygen atoms in total. The van der Waals surface area contributed by atoms with Crippen molar-refractivity contribution in [2.45, 2.75) is 12.5 Å². The van der Waals surface area contributed by atoms with Crippen LogP contribution in [0.15, 0.2) is 78.2 Å². The van der Waals surface area contributed by atoms with Crippen molar-refractivity contribution in [3.8, 4) is 0 Å². The van der Waals surface area contributed by atoms with Gasteiger partial charge >= 0.3 is 5.97 Å². The first-order valence-electron chi connectivity index (χ1n) is 8.29. The fraction of sp³-hybridized carbons (Fsp3) is 0.143. The fourth-order valence-electron chi connectivity index (χ4n) is 2.63. The molecule has 0 aliphatic rings. The van der Waals surface area contributed by atoms with E-state index >= 15 is 0 Å². The molecule has 5 heteroatoms. The Hall–Kier alpha value is -2.92. The smallest absolute Gasteiger partial charge is 0.318 e. The SMILES string of the molecule is O=C(COC(=O)C(c1ccccc1)c1ccccc1)NCc1cccs1.